The van der Waals surface area contributed by atoms with Crippen molar-refractivity contribution in [2.24, 2.45) is 0 Å². The number of benzene rings is 1. The number of urea groups is 1. The molecule has 2 N–H and O–H groups in total. The molecule has 130 valence electrons. The Hall–Kier alpha value is -2.55. The number of nitro benzene ring substituents is 1. The Morgan fingerprint density at radius 1 is 1.21 bits per heavy atom. The van der Waals surface area contributed by atoms with Gasteiger partial charge in [0.25, 0.3) is 5.69 Å². The van der Waals surface area contributed by atoms with E-state index in [1.807, 2.05) is 0 Å². The number of fused-ring (bicyclic) bond motifs is 1. The monoisotopic (exact) mass is 337 g/mol. The van der Waals surface area contributed by atoms with Crippen LogP contribution in [0.1, 0.15) is 19.3 Å². The van der Waals surface area contributed by atoms with Gasteiger partial charge in [-0.05, 0) is 12.8 Å². The van der Waals surface area contributed by atoms with Crippen molar-refractivity contribution in [2.75, 3.05) is 31.7 Å². The zero-order chi connectivity index (χ0) is 16.9. The fraction of sp³-hybridized carbons (Fsp3) is 0.533. The number of carbonyl (C=O) groups excluding carboxylic acids is 1. The molecule has 0 bridgehead atoms. The highest BCUT2D eigenvalue weighted by atomic mass is 16.6. The van der Waals surface area contributed by atoms with Crippen LogP contribution < -0.4 is 20.1 Å². The maximum Gasteiger partial charge on any atom is 0.319 e. The first-order valence-electron chi connectivity index (χ1n) is 7.88. The molecule has 9 nitrogen and oxygen atoms in total. The SMILES string of the molecule is O=C(NC[C@H]1CCCO1)Nc1cc2c(cc1[N+](=O)[O-])OCCCO2. The first kappa shape index (κ1) is 16.3. The molecule has 24 heavy (non-hydrogen) atoms. The van der Waals surface area contributed by atoms with Crippen molar-refractivity contribution in [3.05, 3.63) is 22.2 Å². The third-order valence-electron chi connectivity index (χ3n) is 3.83. The average Bonchev–Trinajstić information content (AvgIpc) is 2.97. The van der Waals surface area contributed by atoms with Crippen LogP contribution in [-0.2, 0) is 4.74 Å². The van der Waals surface area contributed by atoms with E-state index < -0.39 is 11.0 Å². The predicted molar refractivity (Wildman–Crippen MR) is 84.7 cm³/mol. The number of nitrogens with zero attached hydrogens (tertiary/aromatic N) is 1. The third kappa shape index (κ3) is 3.85. The van der Waals surface area contributed by atoms with Crippen molar-refractivity contribution in [1.82, 2.24) is 5.32 Å². The Kier molecular flexibility index (Phi) is 4.99. The number of hydrogen-bond donors (Lipinski definition) is 2. The van der Waals surface area contributed by atoms with E-state index in [1.54, 1.807) is 0 Å². The van der Waals surface area contributed by atoms with Crippen LogP contribution in [0.2, 0.25) is 0 Å². The standard InChI is InChI=1S/C15H19N3O6/c19-15(16-9-10-3-1-4-22-10)17-11-7-13-14(8-12(11)18(20)21)24-6-2-5-23-13/h7-8,10H,1-6,9H2,(H2,16,17,19)/t10-/m1/s1. The molecule has 1 atom stereocenters. The molecule has 0 unspecified atom stereocenters. The van der Waals surface area contributed by atoms with Gasteiger partial charge in [0.1, 0.15) is 5.69 Å². The summed E-state index contributed by atoms with van der Waals surface area (Å²) in [7, 11) is 0. The molecule has 2 amide bonds. The van der Waals surface area contributed by atoms with Gasteiger partial charge in [-0.1, -0.05) is 0 Å². The molecule has 0 radical (unpaired) electrons. The Morgan fingerprint density at radius 3 is 2.62 bits per heavy atom. The summed E-state index contributed by atoms with van der Waals surface area (Å²) in [6.07, 6.45) is 2.55. The van der Waals surface area contributed by atoms with E-state index in [2.05, 4.69) is 10.6 Å². The molecule has 1 saturated heterocycles. The van der Waals surface area contributed by atoms with E-state index in [-0.39, 0.29) is 17.5 Å². The zero-order valence-corrected chi connectivity index (χ0v) is 13.1. The van der Waals surface area contributed by atoms with Gasteiger partial charge in [-0.2, -0.15) is 0 Å². The van der Waals surface area contributed by atoms with E-state index in [0.717, 1.165) is 12.8 Å². The lowest BCUT2D eigenvalue weighted by molar-refractivity contribution is -0.384. The minimum absolute atomic E-state index is 0.00508. The van der Waals surface area contributed by atoms with Crippen LogP contribution in [0.15, 0.2) is 12.1 Å². The molecule has 1 aromatic carbocycles. The molecule has 0 saturated carbocycles. The van der Waals surface area contributed by atoms with Gasteiger partial charge in [0, 0.05) is 25.6 Å². The summed E-state index contributed by atoms with van der Waals surface area (Å²) in [5.74, 6) is 0.692. The zero-order valence-electron chi connectivity index (χ0n) is 13.1. The number of ether oxygens (including phenoxy) is 3. The van der Waals surface area contributed by atoms with Crippen LogP contribution in [0, 0.1) is 10.1 Å². The number of hydrogen-bond acceptors (Lipinski definition) is 6. The van der Waals surface area contributed by atoms with E-state index in [1.165, 1.54) is 12.1 Å². The smallest absolute Gasteiger partial charge is 0.319 e. The molecule has 1 aromatic rings. The maximum absolute atomic E-state index is 12.0. The summed E-state index contributed by atoms with van der Waals surface area (Å²) >= 11 is 0. The van der Waals surface area contributed by atoms with Crippen LogP contribution in [0.4, 0.5) is 16.2 Å². The first-order chi connectivity index (χ1) is 11.6. The Labute approximate surface area is 138 Å². The van der Waals surface area contributed by atoms with Crippen LogP contribution in [0.3, 0.4) is 0 Å². The molecular weight excluding hydrogens is 318 g/mol. The lowest BCUT2D eigenvalue weighted by Gasteiger charge is -2.13. The number of carbonyl (C=O) groups is 1. The van der Waals surface area contributed by atoms with Crippen molar-refractivity contribution in [3.8, 4) is 11.5 Å². The highest BCUT2D eigenvalue weighted by Crippen LogP contribution is 2.39. The normalized spacial score (nSPS) is 19.4. The lowest BCUT2D eigenvalue weighted by atomic mass is 10.2. The molecule has 0 spiro atoms. The van der Waals surface area contributed by atoms with Crippen molar-refractivity contribution in [3.63, 3.8) is 0 Å². The van der Waals surface area contributed by atoms with Gasteiger partial charge >= 0.3 is 6.03 Å². The van der Waals surface area contributed by atoms with Gasteiger partial charge in [-0.25, -0.2) is 4.79 Å². The van der Waals surface area contributed by atoms with Gasteiger partial charge in [-0.15, -0.1) is 0 Å². The topological polar surface area (TPSA) is 112 Å². The second kappa shape index (κ2) is 7.35. The van der Waals surface area contributed by atoms with Crippen molar-refractivity contribution in [2.45, 2.75) is 25.4 Å². The summed E-state index contributed by atoms with van der Waals surface area (Å²) in [5.41, 5.74) is -0.180. The number of rotatable bonds is 4. The average molecular weight is 337 g/mol. The minimum Gasteiger partial charge on any atom is -0.489 e. The minimum atomic E-state index is -0.565. The van der Waals surface area contributed by atoms with Gasteiger partial charge in [0.2, 0.25) is 0 Å². The van der Waals surface area contributed by atoms with Gasteiger partial charge in [0.05, 0.1) is 30.3 Å². The van der Waals surface area contributed by atoms with Crippen LogP contribution in [-0.4, -0.2) is 43.4 Å². The first-order valence-corrected chi connectivity index (χ1v) is 7.88. The number of anilines is 1. The molecular formula is C15H19N3O6. The fourth-order valence-corrected chi connectivity index (χ4v) is 2.63. The van der Waals surface area contributed by atoms with Crippen molar-refractivity contribution >= 4 is 17.4 Å². The third-order valence-corrected chi connectivity index (χ3v) is 3.83. The Bertz CT molecular complexity index is 630. The molecule has 2 aliphatic rings. The molecule has 2 aliphatic heterocycles. The summed E-state index contributed by atoms with van der Waals surface area (Å²) in [6, 6.07) is 2.17. The predicted octanol–water partition coefficient (Wildman–Crippen LogP) is 2.06. The molecule has 9 heteroatoms. The second-order valence-corrected chi connectivity index (χ2v) is 5.59. The van der Waals surface area contributed by atoms with E-state index in [0.29, 0.717) is 44.3 Å². The molecule has 2 heterocycles. The molecule has 0 aliphatic carbocycles. The molecule has 1 fully saturated rings. The van der Waals surface area contributed by atoms with Crippen LogP contribution >= 0.6 is 0 Å². The summed E-state index contributed by atoms with van der Waals surface area (Å²) in [5, 5.41) is 16.4. The fourth-order valence-electron chi connectivity index (χ4n) is 2.63. The lowest BCUT2D eigenvalue weighted by Crippen LogP contribution is -2.35. The van der Waals surface area contributed by atoms with Crippen LogP contribution in [0.25, 0.3) is 0 Å². The van der Waals surface area contributed by atoms with Gasteiger partial charge in [-0.3, -0.25) is 10.1 Å². The van der Waals surface area contributed by atoms with Crippen molar-refractivity contribution in [1.29, 1.82) is 0 Å². The van der Waals surface area contributed by atoms with Gasteiger partial charge < -0.3 is 24.8 Å². The Morgan fingerprint density at radius 2 is 1.96 bits per heavy atom. The number of amides is 2. The molecule has 0 aromatic heterocycles. The second-order valence-electron chi connectivity index (χ2n) is 5.59. The van der Waals surface area contributed by atoms with Crippen LogP contribution in [0.5, 0.6) is 11.5 Å². The molecule has 3 rings (SSSR count). The van der Waals surface area contributed by atoms with Crippen molar-refractivity contribution < 1.29 is 23.9 Å². The summed E-state index contributed by atoms with van der Waals surface area (Å²) < 4.78 is 16.4. The van der Waals surface area contributed by atoms with E-state index in [4.69, 9.17) is 14.2 Å². The van der Waals surface area contributed by atoms with E-state index in [9.17, 15) is 14.9 Å². The summed E-state index contributed by atoms with van der Waals surface area (Å²) in [6.45, 7) is 1.94. The maximum atomic E-state index is 12.0. The summed E-state index contributed by atoms with van der Waals surface area (Å²) in [4.78, 5) is 22.7. The number of nitrogens with one attached hydrogen (secondary N) is 2. The van der Waals surface area contributed by atoms with E-state index >= 15 is 0 Å². The highest BCUT2D eigenvalue weighted by molar-refractivity contribution is 5.92. The Balaban J connectivity index is 1.71. The van der Waals surface area contributed by atoms with Gasteiger partial charge in [0.15, 0.2) is 11.5 Å². The highest BCUT2D eigenvalue weighted by Gasteiger charge is 2.23. The largest absolute Gasteiger partial charge is 0.489 e. The quantitative estimate of drug-likeness (QED) is 0.642. The number of nitro groups is 1.